The van der Waals surface area contributed by atoms with Gasteiger partial charge in [-0.15, -0.1) is 0 Å². The quantitative estimate of drug-likeness (QED) is 0.855. The van der Waals surface area contributed by atoms with Crippen molar-refractivity contribution in [3.8, 4) is 0 Å². The van der Waals surface area contributed by atoms with Crippen molar-refractivity contribution < 1.29 is 4.74 Å². The Morgan fingerprint density at radius 1 is 1.23 bits per heavy atom. The molecule has 0 saturated carbocycles. The Balaban J connectivity index is 1.31. The molecule has 0 aliphatic carbocycles. The Morgan fingerprint density at radius 3 is 2.82 bits per heavy atom. The topological polar surface area (TPSA) is 28.6 Å². The molecule has 22 heavy (non-hydrogen) atoms. The van der Waals surface area contributed by atoms with Gasteiger partial charge in [0.1, 0.15) is 0 Å². The molecule has 1 spiro atoms. The van der Waals surface area contributed by atoms with Crippen molar-refractivity contribution in [2.75, 3.05) is 39.4 Å². The number of hydrogen-bond donors (Lipinski definition) is 0. The molecular formula is C18H27N3O. The number of nitrogens with zero attached hydrogens (tertiary/aromatic N) is 3. The SMILES string of the molecule is c1cncc(CN2CCC3(CCN(C4CCOC4)CC3)C2)c1. The highest BCUT2D eigenvalue weighted by atomic mass is 16.5. The molecular weight excluding hydrogens is 274 g/mol. The van der Waals surface area contributed by atoms with Gasteiger partial charge in [-0.25, -0.2) is 0 Å². The highest BCUT2D eigenvalue weighted by molar-refractivity contribution is 5.09. The van der Waals surface area contributed by atoms with E-state index < -0.39 is 0 Å². The summed E-state index contributed by atoms with van der Waals surface area (Å²) >= 11 is 0. The molecule has 4 rings (SSSR count). The average Bonchev–Trinajstić information content (AvgIpc) is 3.21. The maximum atomic E-state index is 5.55. The maximum Gasteiger partial charge on any atom is 0.0622 e. The Morgan fingerprint density at radius 2 is 2.09 bits per heavy atom. The molecule has 0 aromatic carbocycles. The summed E-state index contributed by atoms with van der Waals surface area (Å²) in [6.45, 7) is 8.06. The van der Waals surface area contributed by atoms with E-state index in [2.05, 4.69) is 20.9 Å². The third-order valence-corrected chi connectivity index (χ3v) is 5.93. The lowest BCUT2D eigenvalue weighted by Gasteiger charge is -2.41. The van der Waals surface area contributed by atoms with Crippen LogP contribution in [0.15, 0.2) is 24.5 Å². The number of hydrogen-bond acceptors (Lipinski definition) is 4. The molecule has 0 bridgehead atoms. The molecule has 0 amide bonds. The summed E-state index contributed by atoms with van der Waals surface area (Å²) in [7, 11) is 0. The summed E-state index contributed by atoms with van der Waals surface area (Å²) in [5.41, 5.74) is 1.93. The molecule has 3 fully saturated rings. The molecule has 0 radical (unpaired) electrons. The third kappa shape index (κ3) is 3.05. The summed E-state index contributed by atoms with van der Waals surface area (Å²) < 4.78 is 5.55. The van der Waals surface area contributed by atoms with Gasteiger partial charge in [0.2, 0.25) is 0 Å². The zero-order chi connectivity index (χ0) is 14.8. The fourth-order valence-corrected chi connectivity index (χ4v) is 4.49. The molecule has 3 aliphatic heterocycles. The van der Waals surface area contributed by atoms with Crippen LogP contribution in [0.4, 0.5) is 0 Å². The van der Waals surface area contributed by atoms with Crippen molar-refractivity contribution in [1.82, 2.24) is 14.8 Å². The zero-order valence-electron chi connectivity index (χ0n) is 13.4. The van der Waals surface area contributed by atoms with Gasteiger partial charge in [-0.05, 0) is 62.4 Å². The van der Waals surface area contributed by atoms with E-state index in [9.17, 15) is 0 Å². The smallest absolute Gasteiger partial charge is 0.0622 e. The molecule has 3 saturated heterocycles. The van der Waals surface area contributed by atoms with Crippen LogP contribution in [-0.2, 0) is 11.3 Å². The van der Waals surface area contributed by atoms with Crippen molar-refractivity contribution in [2.45, 2.75) is 38.3 Å². The Bertz CT molecular complexity index is 478. The number of likely N-dealkylation sites (tertiary alicyclic amines) is 2. The predicted octanol–water partition coefficient (Wildman–Crippen LogP) is 2.16. The van der Waals surface area contributed by atoms with Gasteiger partial charge in [0.15, 0.2) is 0 Å². The van der Waals surface area contributed by atoms with Crippen LogP contribution >= 0.6 is 0 Å². The lowest BCUT2D eigenvalue weighted by Crippen LogP contribution is -2.46. The second-order valence-electron chi connectivity index (χ2n) is 7.38. The first-order chi connectivity index (χ1) is 10.8. The average molecular weight is 301 g/mol. The summed E-state index contributed by atoms with van der Waals surface area (Å²) in [6.07, 6.45) is 9.22. The first kappa shape index (κ1) is 14.6. The first-order valence-electron chi connectivity index (χ1n) is 8.76. The standard InChI is InChI=1S/C18H27N3O/c1-2-16(12-19-7-1)13-20-8-4-18(15-20)5-9-21(10-6-18)17-3-11-22-14-17/h1-2,7,12,17H,3-6,8-11,13-15H2. The van der Waals surface area contributed by atoms with Crippen LogP contribution in [0.5, 0.6) is 0 Å². The van der Waals surface area contributed by atoms with Gasteiger partial charge < -0.3 is 4.74 Å². The van der Waals surface area contributed by atoms with Gasteiger partial charge >= 0.3 is 0 Å². The van der Waals surface area contributed by atoms with Crippen molar-refractivity contribution in [2.24, 2.45) is 5.41 Å². The summed E-state index contributed by atoms with van der Waals surface area (Å²) in [5.74, 6) is 0. The van der Waals surface area contributed by atoms with Gasteiger partial charge in [-0.2, -0.15) is 0 Å². The van der Waals surface area contributed by atoms with Crippen molar-refractivity contribution >= 4 is 0 Å². The molecule has 120 valence electrons. The van der Waals surface area contributed by atoms with Gasteiger partial charge in [0.25, 0.3) is 0 Å². The number of aromatic nitrogens is 1. The summed E-state index contributed by atoms with van der Waals surface area (Å²) in [4.78, 5) is 9.55. The lowest BCUT2D eigenvalue weighted by molar-refractivity contribution is 0.0678. The summed E-state index contributed by atoms with van der Waals surface area (Å²) in [6, 6.07) is 4.94. The number of pyridine rings is 1. The molecule has 4 heteroatoms. The monoisotopic (exact) mass is 301 g/mol. The van der Waals surface area contributed by atoms with Crippen LogP contribution < -0.4 is 0 Å². The minimum absolute atomic E-state index is 0.582. The minimum atomic E-state index is 0.582. The van der Waals surface area contributed by atoms with E-state index in [1.807, 2.05) is 18.5 Å². The first-order valence-corrected chi connectivity index (χ1v) is 8.76. The number of piperidine rings is 1. The van der Waals surface area contributed by atoms with Gasteiger partial charge in [0, 0.05) is 38.1 Å². The van der Waals surface area contributed by atoms with Crippen LogP contribution in [0, 0.1) is 5.41 Å². The van der Waals surface area contributed by atoms with Crippen LogP contribution in [-0.4, -0.2) is 60.2 Å². The highest BCUT2D eigenvalue weighted by Gasteiger charge is 2.41. The van der Waals surface area contributed by atoms with E-state index in [0.717, 1.165) is 19.8 Å². The van der Waals surface area contributed by atoms with E-state index in [0.29, 0.717) is 11.5 Å². The van der Waals surface area contributed by atoms with E-state index >= 15 is 0 Å². The van der Waals surface area contributed by atoms with Gasteiger partial charge in [-0.1, -0.05) is 6.07 Å². The summed E-state index contributed by atoms with van der Waals surface area (Å²) in [5, 5.41) is 0. The van der Waals surface area contributed by atoms with Crippen molar-refractivity contribution in [1.29, 1.82) is 0 Å². The Kier molecular flexibility index (Phi) is 4.16. The Hall–Kier alpha value is -0.970. The van der Waals surface area contributed by atoms with Crippen molar-refractivity contribution in [3.63, 3.8) is 0 Å². The zero-order valence-corrected chi connectivity index (χ0v) is 13.4. The van der Waals surface area contributed by atoms with E-state index in [-0.39, 0.29) is 0 Å². The fourth-order valence-electron chi connectivity index (χ4n) is 4.49. The van der Waals surface area contributed by atoms with Crippen LogP contribution in [0.3, 0.4) is 0 Å². The second-order valence-corrected chi connectivity index (χ2v) is 7.38. The molecule has 1 unspecified atom stereocenters. The highest BCUT2D eigenvalue weighted by Crippen LogP contribution is 2.41. The van der Waals surface area contributed by atoms with Crippen LogP contribution in [0.25, 0.3) is 0 Å². The molecule has 4 heterocycles. The van der Waals surface area contributed by atoms with E-state index in [4.69, 9.17) is 4.74 Å². The minimum Gasteiger partial charge on any atom is -0.380 e. The fraction of sp³-hybridized carbons (Fsp3) is 0.722. The lowest BCUT2D eigenvalue weighted by atomic mass is 9.77. The molecule has 3 aliphatic rings. The van der Waals surface area contributed by atoms with E-state index in [1.165, 1.54) is 57.4 Å². The molecule has 0 N–H and O–H groups in total. The largest absolute Gasteiger partial charge is 0.380 e. The number of ether oxygens (including phenoxy) is 1. The predicted molar refractivity (Wildman–Crippen MR) is 86.6 cm³/mol. The van der Waals surface area contributed by atoms with Crippen molar-refractivity contribution in [3.05, 3.63) is 30.1 Å². The number of rotatable bonds is 3. The third-order valence-electron chi connectivity index (χ3n) is 5.93. The van der Waals surface area contributed by atoms with Gasteiger partial charge in [-0.3, -0.25) is 14.8 Å². The molecule has 1 aromatic heterocycles. The van der Waals surface area contributed by atoms with E-state index in [1.54, 1.807) is 0 Å². The second kappa shape index (κ2) is 6.26. The van der Waals surface area contributed by atoms with Crippen LogP contribution in [0.2, 0.25) is 0 Å². The molecule has 4 nitrogen and oxygen atoms in total. The Labute approximate surface area is 133 Å². The molecule has 1 aromatic rings. The normalized spacial score (nSPS) is 29.4. The van der Waals surface area contributed by atoms with Crippen LogP contribution in [0.1, 0.15) is 31.2 Å². The maximum absolute atomic E-state index is 5.55. The van der Waals surface area contributed by atoms with Gasteiger partial charge in [0.05, 0.1) is 6.61 Å². The molecule has 1 atom stereocenters.